The van der Waals surface area contributed by atoms with Crippen LogP contribution in [0.4, 0.5) is 0 Å². The van der Waals surface area contributed by atoms with E-state index in [0.29, 0.717) is 10.8 Å². The van der Waals surface area contributed by atoms with Crippen molar-refractivity contribution in [2.75, 3.05) is 32.7 Å². The smallest absolute Gasteiger partial charge is 0.00504 e. The van der Waals surface area contributed by atoms with E-state index in [0.717, 1.165) is 5.92 Å². The maximum atomic E-state index is 3.74. The summed E-state index contributed by atoms with van der Waals surface area (Å²) in [4.78, 5) is 2.74. The number of hydrogen-bond acceptors (Lipinski definition) is 2. The summed E-state index contributed by atoms with van der Waals surface area (Å²) in [6, 6.07) is 0. The van der Waals surface area contributed by atoms with E-state index < -0.39 is 0 Å². The van der Waals surface area contributed by atoms with E-state index in [1.807, 2.05) is 0 Å². The summed E-state index contributed by atoms with van der Waals surface area (Å²) in [6.07, 6.45) is 7.15. The molecular weight excluding hydrogens is 232 g/mol. The molecule has 1 aliphatic heterocycles. The zero-order valence-corrected chi connectivity index (χ0v) is 13.6. The predicted octanol–water partition coefficient (Wildman–Crippen LogP) is 3.52. The van der Waals surface area contributed by atoms with Crippen LogP contribution in [0.5, 0.6) is 0 Å². The Labute approximate surface area is 120 Å². The van der Waals surface area contributed by atoms with E-state index in [-0.39, 0.29) is 0 Å². The summed E-state index contributed by atoms with van der Waals surface area (Å²) in [5.74, 6) is 0.768. The number of hydrogen-bond donors (Lipinski definition) is 1. The first-order valence-electron chi connectivity index (χ1n) is 8.34. The summed E-state index contributed by atoms with van der Waals surface area (Å²) in [5, 5.41) is 3.74. The average Bonchev–Trinajstić information content (AvgIpc) is 2.86. The van der Waals surface area contributed by atoms with E-state index in [1.54, 1.807) is 0 Å². The third-order valence-corrected chi connectivity index (χ3v) is 5.03. The zero-order valence-electron chi connectivity index (χ0n) is 13.6. The van der Waals surface area contributed by atoms with Gasteiger partial charge in [0.05, 0.1) is 0 Å². The molecule has 2 rings (SSSR count). The van der Waals surface area contributed by atoms with Gasteiger partial charge in [-0.2, -0.15) is 0 Å². The minimum Gasteiger partial charge on any atom is -0.316 e. The first kappa shape index (κ1) is 15.3. The molecule has 2 heteroatoms. The van der Waals surface area contributed by atoms with Crippen molar-refractivity contribution in [3.8, 4) is 0 Å². The van der Waals surface area contributed by atoms with E-state index in [9.17, 15) is 0 Å². The number of likely N-dealkylation sites (tertiary alicyclic amines) is 1. The van der Waals surface area contributed by atoms with Gasteiger partial charge in [-0.3, -0.25) is 0 Å². The molecule has 0 aromatic heterocycles. The molecule has 1 saturated heterocycles. The highest BCUT2D eigenvalue weighted by Gasteiger charge is 2.38. The fourth-order valence-corrected chi connectivity index (χ4v) is 3.98. The van der Waals surface area contributed by atoms with Crippen LogP contribution in [0.15, 0.2) is 0 Å². The molecule has 0 amide bonds. The van der Waals surface area contributed by atoms with Crippen LogP contribution < -0.4 is 5.32 Å². The standard InChI is InChI=1S/C17H34N2/c1-15(2)11-18-12-17(7-5-6-8-17)14-19-10-9-16(3,4)13-19/h15,18H,5-14H2,1-4H3. The second-order valence-corrected chi connectivity index (χ2v) is 8.36. The number of nitrogens with zero attached hydrogens (tertiary/aromatic N) is 1. The van der Waals surface area contributed by atoms with Gasteiger partial charge in [-0.25, -0.2) is 0 Å². The summed E-state index contributed by atoms with van der Waals surface area (Å²) in [5.41, 5.74) is 1.13. The van der Waals surface area contributed by atoms with E-state index in [1.165, 1.54) is 64.8 Å². The minimum absolute atomic E-state index is 0.547. The monoisotopic (exact) mass is 266 g/mol. The van der Waals surface area contributed by atoms with Crippen LogP contribution in [0.2, 0.25) is 0 Å². The normalized spacial score (nSPS) is 26.4. The van der Waals surface area contributed by atoms with E-state index >= 15 is 0 Å². The van der Waals surface area contributed by atoms with E-state index in [4.69, 9.17) is 0 Å². The van der Waals surface area contributed by atoms with Crippen molar-refractivity contribution in [3.63, 3.8) is 0 Å². The van der Waals surface area contributed by atoms with Crippen LogP contribution >= 0.6 is 0 Å². The van der Waals surface area contributed by atoms with Crippen molar-refractivity contribution in [2.45, 2.75) is 59.8 Å². The van der Waals surface area contributed by atoms with Gasteiger partial charge >= 0.3 is 0 Å². The predicted molar refractivity (Wildman–Crippen MR) is 83.4 cm³/mol. The van der Waals surface area contributed by atoms with Crippen LogP contribution in [0.25, 0.3) is 0 Å². The number of rotatable bonds is 6. The van der Waals surface area contributed by atoms with Gasteiger partial charge in [0.25, 0.3) is 0 Å². The molecule has 0 radical (unpaired) electrons. The Balaban J connectivity index is 1.85. The van der Waals surface area contributed by atoms with Gasteiger partial charge in [0.1, 0.15) is 0 Å². The molecule has 2 aliphatic rings. The highest BCUT2D eigenvalue weighted by molar-refractivity contribution is 4.93. The lowest BCUT2D eigenvalue weighted by Gasteiger charge is -2.34. The molecule has 0 unspecified atom stereocenters. The fourth-order valence-electron chi connectivity index (χ4n) is 3.98. The van der Waals surface area contributed by atoms with E-state index in [2.05, 4.69) is 37.9 Å². The molecule has 112 valence electrons. The average molecular weight is 266 g/mol. The largest absolute Gasteiger partial charge is 0.316 e. The molecule has 0 aromatic carbocycles. The van der Waals surface area contributed by atoms with Crippen molar-refractivity contribution in [2.24, 2.45) is 16.7 Å². The number of nitrogens with one attached hydrogen (secondary N) is 1. The zero-order chi connectivity index (χ0) is 13.9. The Bertz CT molecular complexity index is 277. The highest BCUT2D eigenvalue weighted by Crippen LogP contribution is 2.40. The Morgan fingerprint density at radius 1 is 1.11 bits per heavy atom. The molecule has 1 aliphatic carbocycles. The minimum atomic E-state index is 0.547. The van der Waals surface area contributed by atoms with Crippen molar-refractivity contribution in [1.29, 1.82) is 0 Å². The Morgan fingerprint density at radius 3 is 2.32 bits per heavy atom. The molecule has 1 saturated carbocycles. The molecule has 0 aromatic rings. The van der Waals surface area contributed by atoms with Crippen molar-refractivity contribution >= 4 is 0 Å². The lowest BCUT2D eigenvalue weighted by Crippen LogP contribution is -2.43. The van der Waals surface area contributed by atoms with Gasteiger partial charge < -0.3 is 10.2 Å². The second kappa shape index (κ2) is 6.13. The van der Waals surface area contributed by atoms with Crippen LogP contribution in [-0.4, -0.2) is 37.6 Å². The summed E-state index contributed by atoms with van der Waals surface area (Å²) in [6.45, 7) is 15.8. The Hall–Kier alpha value is -0.0800. The Morgan fingerprint density at radius 2 is 1.79 bits per heavy atom. The van der Waals surface area contributed by atoms with Crippen LogP contribution in [0.1, 0.15) is 59.8 Å². The third-order valence-electron chi connectivity index (χ3n) is 5.03. The van der Waals surface area contributed by atoms with Crippen LogP contribution in [0, 0.1) is 16.7 Å². The topological polar surface area (TPSA) is 15.3 Å². The SMILES string of the molecule is CC(C)CNCC1(CN2CCC(C)(C)C2)CCCC1. The molecule has 0 bridgehead atoms. The van der Waals surface area contributed by atoms with Gasteiger partial charge in [0.2, 0.25) is 0 Å². The first-order chi connectivity index (χ1) is 8.91. The molecular formula is C17H34N2. The first-order valence-corrected chi connectivity index (χ1v) is 8.34. The molecule has 2 nitrogen and oxygen atoms in total. The lowest BCUT2D eigenvalue weighted by molar-refractivity contribution is 0.160. The van der Waals surface area contributed by atoms with Gasteiger partial charge in [-0.1, -0.05) is 40.5 Å². The molecule has 1 heterocycles. The van der Waals surface area contributed by atoms with Gasteiger partial charge in [-0.05, 0) is 49.1 Å². The maximum Gasteiger partial charge on any atom is 0.00504 e. The van der Waals surface area contributed by atoms with Crippen LogP contribution in [-0.2, 0) is 0 Å². The van der Waals surface area contributed by atoms with Crippen molar-refractivity contribution in [3.05, 3.63) is 0 Å². The maximum absolute atomic E-state index is 3.74. The molecule has 2 fully saturated rings. The van der Waals surface area contributed by atoms with Crippen molar-refractivity contribution < 1.29 is 0 Å². The summed E-state index contributed by atoms with van der Waals surface area (Å²) < 4.78 is 0. The second-order valence-electron chi connectivity index (χ2n) is 8.36. The summed E-state index contributed by atoms with van der Waals surface area (Å²) >= 11 is 0. The summed E-state index contributed by atoms with van der Waals surface area (Å²) in [7, 11) is 0. The molecule has 0 spiro atoms. The molecule has 0 atom stereocenters. The molecule has 19 heavy (non-hydrogen) atoms. The lowest BCUT2D eigenvalue weighted by atomic mass is 9.85. The fraction of sp³-hybridized carbons (Fsp3) is 1.00. The Kier molecular flexibility index (Phi) is 4.94. The quantitative estimate of drug-likeness (QED) is 0.791. The van der Waals surface area contributed by atoms with Crippen molar-refractivity contribution in [1.82, 2.24) is 10.2 Å². The van der Waals surface area contributed by atoms with Gasteiger partial charge in [-0.15, -0.1) is 0 Å². The van der Waals surface area contributed by atoms with Gasteiger partial charge in [0, 0.05) is 19.6 Å². The third kappa shape index (κ3) is 4.46. The van der Waals surface area contributed by atoms with Crippen LogP contribution in [0.3, 0.4) is 0 Å². The van der Waals surface area contributed by atoms with Gasteiger partial charge in [0.15, 0.2) is 0 Å². The highest BCUT2D eigenvalue weighted by atomic mass is 15.2. The molecule has 1 N–H and O–H groups in total.